The fourth-order valence-corrected chi connectivity index (χ4v) is 3.52. The second kappa shape index (κ2) is 6.91. The molecular formula is C18H26N4O2. The molecule has 3 rings (SSSR count). The van der Waals surface area contributed by atoms with Crippen molar-refractivity contribution in [3.63, 3.8) is 0 Å². The van der Waals surface area contributed by atoms with E-state index in [1.165, 1.54) is 0 Å². The van der Waals surface area contributed by atoms with Crippen molar-refractivity contribution < 1.29 is 9.59 Å². The summed E-state index contributed by atoms with van der Waals surface area (Å²) in [7, 11) is 1.97. The van der Waals surface area contributed by atoms with Crippen molar-refractivity contribution in [2.24, 2.45) is 11.8 Å². The average molecular weight is 330 g/mol. The Balaban J connectivity index is 1.81. The minimum absolute atomic E-state index is 0.0288. The first-order valence-electron chi connectivity index (χ1n) is 8.65. The van der Waals surface area contributed by atoms with E-state index in [1.54, 1.807) is 5.01 Å². The normalized spacial score (nSPS) is 28.5. The van der Waals surface area contributed by atoms with Crippen LogP contribution in [0.4, 0.5) is 5.69 Å². The maximum atomic E-state index is 12.8. The summed E-state index contributed by atoms with van der Waals surface area (Å²) in [5.74, 6) is -0.364. The third-order valence-electron chi connectivity index (χ3n) is 5.05. The standard InChI is InChI=1S/C18H26N4O2/c1-4-12(2)19-17(23)14-10-21(3)11-15-16(14)20-22(18(15)24)13-8-6-5-7-9-13/h5-9,12,14-16,20H,4,10-11H2,1-3H3,(H,19,23). The number of likely N-dealkylation sites (tertiary alicyclic amines) is 1. The molecule has 6 nitrogen and oxygen atoms in total. The van der Waals surface area contributed by atoms with Gasteiger partial charge in [0.05, 0.1) is 23.6 Å². The number of nitrogens with zero attached hydrogens (tertiary/aromatic N) is 2. The van der Waals surface area contributed by atoms with Crippen LogP contribution in [0.2, 0.25) is 0 Å². The molecule has 0 bridgehead atoms. The zero-order valence-corrected chi connectivity index (χ0v) is 14.5. The smallest absolute Gasteiger partial charge is 0.247 e. The SMILES string of the molecule is CCC(C)NC(=O)C1CN(C)CC2C(=O)N(c3ccccc3)NC12. The van der Waals surface area contributed by atoms with E-state index in [-0.39, 0.29) is 35.7 Å². The molecular weight excluding hydrogens is 304 g/mol. The zero-order chi connectivity index (χ0) is 17.3. The van der Waals surface area contributed by atoms with E-state index < -0.39 is 0 Å². The number of fused-ring (bicyclic) bond motifs is 1. The van der Waals surface area contributed by atoms with Gasteiger partial charge in [0.2, 0.25) is 11.8 Å². The Morgan fingerprint density at radius 3 is 2.71 bits per heavy atom. The van der Waals surface area contributed by atoms with Crippen molar-refractivity contribution in [1.82, 2.24) is 15.6 Å². The molecule has 2 fully saturated rings. The van der Waals surface area contributed by atoms with Crippen molar-refractivity contribution in [2.45, 2.75) is 32.4 Å². The molecule has 1 aromatic carbocycles. The Morgan fingerprint density at radius 1 is 1.33 bits per heavy atom. The fraction of sp³-hybridized carbons (Fsp3) is 0.556. The van der Waals surface area contributed by atoms with Gasteiger partial charge in [-0.05, 0) is 32.5 Å². The monoisotopic (exact) mass is 330 g/mol. The van der Waals surface area contributed by atoms with E-state index in [2.05, 4.69) is 22.6 Å². The summed E-state index contributed by atoms with van der Waals surface area (Å²) >= 11 is 0. The Morgan fingerprint density at radius 2 is 2.04 bits per heavy atom. The Hall–Kier alpha value is -1.92. The van der Waals surface area contributed by atoms with E-state index in [9.17, 15) is 9.59 Å². The number of piperidine rings is 1. The molecule has 4 atom stereocenters. The number of anilines is 1. The summed E-state index contributed by atoms with van der Waals surface area (Å²) < 4.78 is 0. The topological polar surface area (TPSA) is 64.7 Å². The molecule has 0 spiro atoms. The molecule has 0 aliphatic carbocycles. The van der Waals surface area contributed by atoms with Gasteiger partial charge in [0.15, 0.2) is 0 Å². The fourth-order valence-electron chi connectivity index (χ4n) is 3.52. The molecule has 0 radical (unpaired) electrons. The number of nitrogens with one attached hydrogen (secondary N) is 2. The molecule has 6 heteroatoms. The van der Waals surface area contributed by atoms with Crippen LogP contribution in [0.25, 0.3) is 0 Å². The van der Waals surface area contributed by atoms with E-state index in [0.717, 1.165) is 12.1 Å². The molecule has 4 unspecified atom stereocenters. The predicted molar refractivity (Wildman–Crippen MR) is 93.2 cm³/mol. The van der Waals surface area contributed by atoms with E-state index >= 15 is 0 Å². The van der Waals surface area contributed by atoms with Crippen molar-refractivity contribution in [3.8, 4) is 0 Å². The third kappa shape index (κ3) is 3.16. The lowest BCUT2D eigenvalue weighted by molar-refractivity contribution is -0.130. The van der Waals surface area contributed by atoms with Crippen LogP contribution in [-0.4, -0.2) is 48.9 Å². The average Bonchev–Trinajstić information content (AvgIpc) is 2.91. The van der Waals surface area contributed by atoms with Crippen molar-refractivity contribution in [3.05, 3.63) is 30.3 Å². The second-order valence-electron chi connectivity index (χ2n) is 6.92. The highest BCUT2D eigenvalue weighted by atomic mass is 16.2. The van der Waals surface area contributed by atoms with Gasteiger partial charge in [-0.3, -0.25) is 9.59 Å². The number of rotatable bonds is 4. The largest absolute Gasteiger partial charge is 0.353 e. The van der Waals surface area contributed by atoms with Gasteiger partial charge >= 0.3 is 0 Å². The molecule has 2 saturated heterocycles. The highest BCUT2D eigenvalue weighted by Gasteiger charge is 2.50. The number of amides is 2. The van der Waals surface area contributed by atoms with E-state index in [1.807, 2.05) is 44.3 Å². The van der Waals surface area contributed by atoms with Gasteiger partial charge in [-0.15, -0.1) is 0 Å². The summed E-state index contributed by atoms with van der Waals surface area (Å²) in [5.41, 5.74) is 4.12. The van der Waals surface area contributed by atoms with Crippen LogP contribution >= 0.6 is 0 Å². The van der Waals surface area contributed by atoms with Crippen molar-refractivity contribution in [2.75, 3.05) is 25.1 Å². The van der Waals surface area contributed by atoms with Gasteiger partial charge < -0.3 is 10.2 Å². The van der Waals surface area contributed by atoms with Crippen LogP contribution in [0, 0.1) is 11.8 Å². The van der Waals surface area contributed by atoms with Crippen LogP contribution < -0.4 is 15.8 Å². The molecule has 2 aliphatic heterocycles. The minimum Gasteiger partial charge on any atom is -0.353 e. The van der Waals surface area contributed by atoms with Crippen LogP contribution in [0.15, 0.2) is 30.3 Å². The summed E-state index contributed by atoms with van der Waals surface area (Å²) in [4.78, 5) is 27.6. The van der Waals surface area contributed by atoms with E-state index in [0.29, 0.717) is 13.1 Å². The van der Waals surface area contributed by atoms with Crippen LogP contribution in [0.1, 0.15) is 20.3 Å². The first-order chi connectivity index (χ1) is 11.5. The Labute approximate surface area is 143 Å². The lowest BCUT2D eigenvalue weighted by Gasteiger charge is -2.36. The lowest BCUT2D eigenvalue weighted by atomic mass is 9.84. The molecule has 130 valence electrons. The predicted octanol–water partition coefficient (Wildman–Crippen LogP) is 0.999. The summed E-state index contributed by atoms with van der Waals surface area (Å²) in [6.45, 7) is 5.39. The number of hydrogen-bond acceptors (Lipinski definition) is 4. The van der Waals surface area contributed by atoms with Crippen LogP contribution in [-0.2, 0) is 9.59 Å². The van der Waals surface area contributed by atoms with Gasteiger partial charge in [0.25, 0.3) is 0 Å². The molecule has 1 aromatic rings. The van der Waals surface area contributed by atoms with Gasteiger partial charge in [-0.1, -0.05) is 25.1 Å². The Kier molecular flexibility index (Phi) is 4.87. The Bertz CT molecular complexity index is 606. The van der Waals surface area contributed by atoms with Crippen molar-refractivity contribution in [1.29, 1.82) is 0 Å². The minimum atomic E-state index is -0.236. The maximum Gasteiger partial charge on any atom is 0.247 e. The van der Waals surface area contributed by atoms with Gasteiger partial charge in [-0.2, -0.15) is 0 Å². The highest BCUT2D eigenvalue weighted by Crippen LogP contribution is 2.31. The van der Waals surface area contributed by atoms with Gasteiger partial charge in [0.1, 0.15) is 0 Å². The van der Waals surface area contributed by atoms with Gasteiger partial charge in [-0.25, -0.2) is 10.4 Å². The molecule has 2 heterocycles. The number of para-hydroxylation sites is 1. The van der Waals surface area contributed by atoms with Crippen LogP contribution in [0.3, 0.4) is 0 Å². The third-order valence-corrected chi connectivity index (χ3v) is 5.05. The number of carbonyl (C=O) groups excluding carboxylic acids is 2. The summed E-state index contributed by atoms with van der Waals surface area (Å²) in [5, 5.41) is 4.68. The zero-order valence-electron chi connectivity index (χ0n) is 14.5. The quantitative estimate of drug-likeness (QED) is 0.864. The van der Waals surface area contributed by atoms with E-state index in [4.69, 9.17) is 0 Å². The first-order valence-corrected chi connectivity index (χ1v) is 8.65. The lowest BCUT2D eigenvalue weighted by Crippen LogP contribution is -2.57. The number of hydrogen-bond donors (Lipinski definition) is 2. The number of benzene rings is 1. The number of hydrazine groups is 1. The molecule has 0 aromatic heterocycles. The molecule has 2 aliphatic rings. The molecule has 2 N–H and O–H groups in total. The maximum absolute atomic E-state index is 12.8. The number of carbonyl (C=O) groups is 2. The second-order valence-corrected chi connectivity index (χ2v) is 6.92. The summed E-state index contributed by atoms with van der Waals surface area (Å²) in [6, 6.07) is 9.54. The van der Waals surface area contributed by atoms with Gasteiger partial charge in [0, 0.05) is 19.1 Å². The highest BCUT2D eigenvalue weighted by molar-refractivity contribution is 5.98. The van der Waals surface area contributed by atoms with Crippen molar-refractivity contribution >= 4 is 17.5 Å². The first kappa shape index (κ1) is 16.9. The molecule has 24 heavy (non-hydrogen) atoms. The molecule has 2 amide bonds. The summed E-state index contributed by atoms with van der Waals surface area (Å²) in [6.07, 6.45) is 0.894. The van der Waals surface area contributed by atoms with Crippen LogP contribution in [0.5, 0.6) is 0 Å². The molecule has 0 saturated carbocycles.